The molecule has 350 valence electrons. The summed E-state index contributed by atoms with van der Waals surface area (Å²) >= 11 is 11.6. The number of hydrogen-bond acceptors (Lipinski definition) is 12. The molecule has 2 amide bonds. The standard InChI is InChI=1S/C54H43ClN6O5S4/c55-31-42-52(69-34-56-42)70-44-33-68-50-46(49(63)61(50)47(44)51(64)65)57-48(62)45(58-66-54(39-25-13-4-14-26-39,40-27-15-5-16-28-40)41-29-17-6-18-30-41)43-32-67-35-60(43)59-53(36-19-7-1-8-20-36,37-21-9-2-10-22-37)38-23-11-3-12-24-38/h1-30,32,34,46,50,59H,31,33,35H2,(H,57,62)(H,64,65)/b58-45-/t46-,50-/m1/s1. The van der Waals surface area contributed by atoms with Crippen LogP contribution >= 0.6 is 58.2 Å². The van der Waals surface area contributed by atoms with Crippen LogP contribution < -0.4 is 10.7 Å². The van der Waals surface area contributed by atoms with E-state index in [4.69, 9.17) is 21.6 Å². The third-order valence-electron chi connectivity index (χ3n) is 12.3. The van der Waals surface area contributed by atoms with Crippen LogP contribution in [0.2, 0.25) is 0 Å². The molecule has 0 aliphatic carbocycles. The minimum atomic E-state index is -1.36. The number of hydrazine groups is 1. The van der Waals surface area contributed by atoms with Gasteiger partial charge in [-0.15, -0.1) is 46.5 Å². The fourth-order valence-electron chi connectivity index (χ4n) is 8.98. The third-order valence-corrected chi connectivity index (χ3v) is 17.0. The molecule has 70 heavy (non-hydrogen) atoms. The average Bonchev–Trinajstić information content (AvgIpc) is 4.08. The van der Waals surface area contributed by atoms with Crippen LogP contribution in [0.1, 0.15) is 39.1 Å². The van der Waals surface area contributed by atoms with E-state index < -0.39 is 40.3 Å². The van der Waals surface area contributed by atoms with Crippen LogP contribution in [0.25, 0.3) is 0 Å². The number of thiazole rings is 1. The van der Waals surface area contributed by atoms with Gasteiger partial charge in [0.1, 0.15) is 22.7 Å². The van der Waals surface area contributed by atoms with E-state index in [1.165, 1.54) is 51.5 Å². The smallest absolute Gasteiger partial charge is 0.353 e. The van der Waals surface area contributed by atoms with Crippen molar-refractivity contribution in [2.45, 2.75) is 32.6 Å². The number of carbonyl (C=O) groups is 3. The van der Waals surface area contributed by atoms with Crippen LogP contribution in [0, 0.1) is 0 Å². The van der Waals surface area contributed by atoms with Crippen molar-refractivity contribution in [2.24, 2.45) is 5.16 Å². The molecule has 0 radical (unpaired) electrons. The van der Waals surface area contributed by atoms with Gasteiger partial charge >= 0.3 is 5.97 Å². The first-order valence-corrected chi connectivity index (χ1v) is 26.5. The quantitative estimate of drug-likeness (QED) is 0.0264. The fourth-order valence-corrected chi connectivity index (χ4v) is 13.7. The molecule has 1 fully saturated rings. The normalized spacial score (nSPS) is 17.1. The Hall–Kier alpha value is -6.59. The molecule has 0 spiro atoms. The lowest BCUT2D eigenvalue weighted by Gasteiger charge is -2.49. The van der Waals surface area contributed by atoms with E-state index >= 15 is 4.79 Å². The Morgan fingerprint density at radius 3 is 1.71 bits per heavy atom. The van der Waals surface area contributed by atoms with Crippen LogP contribution in [0.5, 0.6) is 0 Å². The minimum Gasteiger partial charge on any atom is -0.477 e. The molecule has 0 saturated carbocycles. The monoisotopic (exact) mass is 1020 g/mol. The molecule has 3 N–H and O–H groups in total. The van der Waals surface area contributed by atoms with Gasteiger partial charge in [0.25, 0.3) is 11.8 Å². The maximum atomic E-state index is 15.4. The number of fused-ring (bicyclic) bond motifs is 1. The van der Waals surface area contributed by atoms with Gasteiger partial charge in [-0.2, -0.15) is 0 Å². The number of rotatable bonds is 17. The topological polar surface area (TPSA) is 136 Å². The predicted octanol–water partition coefficient (Wildman–Crippen LogP) is 10.4. The highest BCUT2D eigenvalue weighted by atomic mass is 35.5. The summed E-state index contributed by atoms with van der Waals surface area (Å²) in [6.45, 7) is 0. The Morgan fingerprint density at radius 1 is 0.757 bits per heavy atom. The van der Waals surface area contributed by atoms with E-state index in [9.17, 15) is 14.7 Å². The van der Waals surface area contributed by atoms with E-state index in [-0.39, 0.29) is 23.0 Å². The second kappa shape index (κ2) is 20.8. The zero-order chi connectivity index (χ0) is 48.1. The summed E-state index contributed by atoms with van der Waals surface area (Å²) in [6, 6.07) is 58.5. The van der Waals surface area contributed by atoms with Crippen LogP contribution in [-0.4, -0.2) is 66.5 Å². The van der Waals surface area contributed by atoms with Crippen LogP contribution in [0.15, 0.2) is 219 Å². The third kappa shape index (κ3) is 8.82. The Kier molecular flexibility index (Phi) is 14.0. The van der Waals surface area contributed by atoms with Gasteiger partial charge < -0.3 is 15.3 Å². The molecular formula is C54H43ClN6O5S4. The van der Waals surface area contributed by atoms with Gasteiger partial charge in [-0.1, -0.05) is 199 Å². The maximum absolute atomic E-state index is 15.4. The summed E-state index contributed by atoms with van der Waals surface area (Å²) in [4.78, 5) is 55.7. The van der Waals surface area contributed by atoms with Crippen LogP contribution in [0.3, 0.4) is 0 Å². The Morgan fingerprint density at radius 2 is 1.24 bits per heavy atom. The highest BCUT2D eigenvalue weighted by Gasteiger charge is 2.55. The number of nitrogens with one attached hydrogen (secondary N) is 2. The molecule has 0 unspecified atom stereocenters. The van der Waals surface area contributed by atoms with Crippen molar-refractivity contribution in [3.63, 3.8) is 0 Å². The van der Waals surface area contributed by atoms with Crippen molar-refractivity contribution < 1.29 is 24.3 Å². The van der Waals surface area contributed by atoms with Crippen molar-refractivity contribution in [3.05, 3.63) is 248 Å². The first kappa shape index (κ1) is 47.1. The molecule has 3 aliphatic heterocycles. The molecule has 2 atom stereocenters. The number of alkyl halides is 1. The summed E-state index contributed by atoms with van der Waals surface area (Å²) in [5.41, 5.74) is 9.14. The number of β-lactam (4-membered cyclic amide) rings is 1. The van der Waals surface area contributed by atoms with Crippen molar-refractivity contribution in [3.8, 4) is 0 Å². The zero-order valence-corrected chi connectivity index (χ0v) is 41.2. The number of benzene rings is 6. The molecular weight excluding hydrogens is 976 g/mol. The predicted molar refractivity (Wildman–Crippen MR) is 280 cm³/mol. The van der Waals surface area contributed by atoms with Gasteiger partial charge in [-0.25, -0.2) is 15.2 Å². The van der Waals surface area contributed by atoms with Gasteiger partial charge in [0.2, 0.25) is 5.60 Å². The number of nitrogens with zero attached hydrogens (tertiary/aromatic N) is 4. The van der Waals surface area contributed by atoms with E-state index in [0.717, 1.165) is 37.6 Å². The minimum absolute atomic E-state index is 0.108. The summed E-state index contributed by atoms with van der Waals surface area (Å²) in [5.74, 6) is -1.68. The molecule has 1 aromatic heterocycles. The number of amides is 2. The SMILES string of the molecule is O=C(O)C1=C(Sc2scnc2CCl)CS[C@@H]2[C@H](NC(=O)/C(=N\OC(c3ccccc3)(c3ccccc3)c3ccccc3)C3=CSCN3NC(c3ccccc3)(c3ccccc3)c3ccccc3)C(=O)N12. The molecule has 16 heteroatoms. The Bertz CT molecular complexity index is 2900. The molecule has 10 rings (SSSR count). The molecule has 0 bridgehead atoms. The van der Waals surface area contributed by atoms with Crippen LogP contribution in [-0.2, 0) is 36.2 Å². The number of aromatic nitrogens is 1. The average molecular weight is 1020 g/mol. The van der Waals surface area contributed by atoms with E-state index in [2.05, 4.69) is 52.1 Å². The molecule has 6 aromatic carbocycles. The number of aliphatic carboxylic acids is 1. The van der Waals surface area contributed by atoms with Crippen molar-refractivity contribution in [1.29, 1.82) is 0 Å². The fraction of sp³-hybridized carbons (Fsp3) is 0.130. The molecule has 4 heterocycles. The largest absolute Gasteiger partial charge is 0.477 e. The van der Waals surface area contributed by atoms with Crippen molar-refractivity contribution in [1.82, 2.24) is 25.6 Å². The van der Waals surface area contributed by atoms with Gasteiger partial charge in [-0.3, -0.25) is 19.5 Å². The van der Waals surface area contributed by atoms with E-state index in [1.54, 1.807) is 5.51 Å². The number of halogens is 1. The van der Waals surface area contributed by atoms with Gasteiger partial charge in [-0.05, 0) is 16.7 Å². The summed E-state index contributed by atoms with van der Waals surface area (Å²) in [5, 5.41) is 21.6. The second-order valence-electron chi connectivity index (χ2n) is 16.3. The first-order valence-electron chi connectivity index (χ1n) is 22.2. The van der Waals surface area contributed by atoms with Crippen molar-refractivity contribution in [2.75, 3.05) is 11.6 Å². The second-order valence-corrected chi connectivity index (χ2v) is 20.7. The lowest BCUT2D eigenvalue weighted by molar-refractivity contribution is -0.150. The number of carbonyl (C=O) groups excluding carboxylic acids is 2. The van der Waals surface area contributed by atoms with Crippen molar-refractivity contribution >= 4 is 81.7 Å². The highest BCUT2D eigenvalue weighted by Crippen LogP contribution is 2.47. The van der Waals surface area contributed by atoms with Gasteiger partial charge in [0.15, 0.2) is 5.71 Å². The Labute approximate surface area is 426 Å². The number of oxime groups is 1. The lowest BCUT2D eigenvalue weighted by atomic mass is 9.77. The first-order chi connectivity index (χ1) is 34.3. The highest BCUT2D eigenvalue weighted by molar-refractivity contribution is 8.07. The summed E-state index contributed by atoms with van der Waals surface area (Å²) in [7, 11) is 0. The number of carboxylic acids is 1. The van der Waals surface area contributed by atoms with E-state index in [0.29, 0.717) is 22.2 Å². The van der Waals surface area contributed by atoms with E-state index in [1.807, 2.05) is 156 Å². The van der Waals surface area contributed by atoms with Gasteiger partial charge in [0.05, 0.1) is 32.9 Å². The number of hydrogen-bond donors (Lipinski definition) is 3. The maximum Gasteiger partial charge on any atom is 0.353 e. The summed E-state index contributed by atoms with van der Waals surface area (Å²) < 4.78 is 0.760. The van der Waals surface area contributed by atoms with Gasteiger partial charge in [0, 0.05) is 32.8 Å². The summed E-state index contributed by atoms with van der Waals surface area (Å²) in [6.07, 6.45) is 0. The number of thioether (sulfide) groups is 3. The Balaban J connectivity index is 1.08. The zero-order valence-electron chi connectivity index (χ0n) is 37.1. The lowest BCUT2D eigenvalue weighted by Crippen LogP contribution is -2.71. The molecule has 11 nitrogen and oxygen atoms in total. The van der Waals surface area contributed by atoms with Crippen LogP contribution in [0.4, 0.5) is 0 Å². The molecule has 7 aromatic rings. The molecule has 3 aliphatic rings. The molecule has 1 saturated heterocycles. The number of carboxylic acid groups (broad SMARTS) is 1.